The standard InChI is InChI=1S/C60H115NO5/c1-3-5-7-9-11-13-15-17-26-29-32-36-40-44-48-52-58(63)57(56-62)61-59(64)53-49-45-41-37-33-30-27-24-22-20-18-19-21-23-25-28-31-35-39-43-47-51-55-66-60(65)54-50-46-42-38-34-16-14-12-10-8-6-4-2/h20,22,48,52,57-58,62-63H,3-19,21,23-47,49-51,53-56H2,1-2H3,(H,61,64)/b22-20-,52-48+. The maximum Gasteiger partial charge on any atom is 0.305 e. The Bertz CT molecular complexity index is 1030. The van der Waals surface area contributed by atoms with Crippen LogP contribution in [0.3, 0.4) is 0 Å². The second-order valence-electron chi connectivity index (χ2n) is 20.3. The largest absolute Gasteiger partial charge is 0.466 e. The van der Waals surface area contributed by atoms with Crippen molar-refractivity contribution >= 4 is 11.9 Å². The van der Waals surface area contributed by atoms with E-state index in [4.69, 9.17) is 4.74 Å². The lowest BCUT2D eigenvalue weighted by molar-refractivity contribution is -0.143. The molecule has 2 atom stereocenters. The maximum absolute atomic E-state index is 12.5. The van der Waals surface area contributed by atoms with Gasteiger partial charge in [-0.25, -0.2) is 0 Å². The smallest absolute Gasteiger partial charge is 0.305 e. The summed E-state index contributed by atoms with van der Waals surface area (Å²) < 4.78 is 5.47. The minimum Gasteiger partial charge on any atom is -0.466 e. The van der Waals surface area contributed by atoms with Gasteiger partial charge in [0.05, 0.1) is 25.4 Å². The van der Waals surface area contributed by atoms with Crippen LogP contribution in [0.25, 0.3) is 0 Å². The average Bonchev–Trinajstić information content (AvgIpc) is 3.32. The van der Waals surface area contributed by atoms with Gasteiger partial charge in [0.1, 0.15) is 0 Å². The molecule has 0 bridgehead atoms. The molecule has 0 fully saturated rings. The van der Waals surface area contributed by atoms with Crippen LogP contribution in [0.2, 0.25) is 0 Å². The Balaban J connectivity index is 3.44. The maximum atomic E-state index is 12.5. The van der Waals surface area contributed by atoms with E-state index in [1.807, 2.05) is 6.08 Å². The van der Waals surface area contributed by atoms with Gasteiger partial charge in [-0.1, -0.05) is 276 Å². The minimum atomic E-state index is -0.848. The van der Waals surface area contributed by atoms with Crippen LogP contribution >= 0.6 is 0 Å². The summed E-state index contributed by atoms with van der Waals surface area (Å²) in [5.41, 5.74) is 0. The fourth-order valence-electron chi connectivity index (χ4n) is 9.16. The first-order chi connectivity index (χ1) is 32.5. The van der Waals surface area contributed by atoms with Gasteiger partial charge in [-0.15, -0.1) is 0 Å². The predicted octanol–water partition coefficient (Wildman–Crippen LogP) is 18.2. The highest BCUT2D eigenvalue weighted by molar-refractivity contribution is 5.76. The van der Waals surface area contributed by atoms with Gasteiger partial charge in [-0.05, 0) is 57.8 Å². The number of hydrogen-bond donors (Lipinski definition) is 3. The van der Waals surface area contributed by atoms with Crippen molar-refractivity contribution in [3.63, 3.8) is 0 Å². The Labute approximate surface area is 411 Å². The zero-order valence-corrected chi connectivity index (χ0v) is 44.4. The molecule has 6 heteroatoms. The average molecular weight is 931 g/mol. The van der Waals surface area contributed by atoms with Crippen molar-refractivity contribution < 1.29 is 24.5 Å². The molecule has 0 spiro atoms. The number of carbonyl (C=O) groups excluding carboxylic acids is 2. The molecule has 0 aromatic heterocycles. The number of esters is 1. The molecule has 0 radical (unpaired) electrons. The molecule has 6 nitrogen and oxygen atoms in total. The van der Waals surface area contributed by atoms with E-state index in [9.17, 15) is 19.8 Å². The molecular formula is C60H115NO5. The van der Waals surface area contributed by atoms with Gasteiger partial charge in [-0.3, -0.25) is 9.59 Å². The molecule has 0 heterocycles. The lowest BCUT2D eigenvalue weighted by Gasteiger charge is -2.20. The molecule has 2 unspecified atom stereocenters. The van der Waals surface area contributed by atoms with E-state index in [-0.39, 0.29) is 18.5 Å². The zero-order valence-electron chi connectivity index (χ0n) is 44.4. The SMILES string of the molecule is CCCCCCCCCCCCCCC/C=C/C(O)C(CO)NC(=O)CCCCCCCCC/C=C\CCCCCCCCCCCCCOC(=O)CCCCCCCCCCCCCC. The van der Waals surface area contributed by atoms with Gasteiger partial charge in [0.2, 0.25) is 5.91 Å². The summed E-state index contributed by atoms with van der Waals surface area (Å²) in [5.74, 6) is -0.0635. The van der Waals surface area contributed by atoms with Crippen molar-refractivity contribution in [1.82, 2.24) is 5.32 Å². The molecule has 0 aromatic rings. The van der Waals surface area contributed by atoms with Crippen molar-refractivity contribution in [3.8, 4) is 0 Å². The normalized spacial score (nSPS) is 12.7. The number of rotatable bonds is 55. The number of hydrogen-bond acceptors (Lipinski definition) is 5. The summed E-state index contributed by atoms with van der Waals surface area (Å²) in [6, 6.07) is -0.632. The van der Waals surface area contributed by atoms with Crippen molar-refractivity contribution in [3.05, 3.63) is 24.3 Å². The Morgan fingerprint density at radius 1 is 0.409 bits per heavy atom. The van der Waals surface area contributed by atoms with E-state index >= 15 is 0 Å². The first-order valence-corrected chi connectivity index (χ1v) is 29.6. The molecule has 390 valence electrons. The van der Waals surface area contributed by atoms with Gasteiger partial charge in [0.15, 0.2) is 0 Å². The number of nitrogens with one attached hydrogen (secondary N) is 1. The van der Waals surface area contributed by atoms with E-state index in [2.05, 4.69) is 31.3 Å². The van der Waals surface area contributed by atoms with Crippen molar-refractivity contribution in [2.45, 2.75) is 334 Å². The summed E-state index contributed by atoms with van der Waals surface area (Å²) in [7, 11) is 0. The number of aliphatic hydroxyl groups is 2. The van der Waals surface area contributed by atoms with E-state index in [0.717, 1.165) is 44.9 Å². The first-order valence-electron chi connectivity index (χ1n) is 29.6. The lowest BCUT2D eigenvalue weighted by Crippen LogP contribution is -2.45. The summed E-state index contributed by atoms with van der Waals surface area (Å²) in [6.07, 6.45) is 67.8. The Hall–Kier alpha value is -1.66. The molecule has 1 amide bonds. The fourth-order valence-corrected chi connectivity index (χ4v) is 9.16. The summed E-state index contributed by atoms with van der Waals surface area (Å²) in [6.45, 7) is 4.91. The minimum absolute atomic E-state index is 0.0102. The van der Waals surface area contributed by atoms with E-state index in [1.165, 1.54) is 250 Å². The summed E-state index contributed by atoms with van der Waals surface area (Å²) in [4.78, 5) is 24.5. The fraction of sp³-hybridized carbons (Fsp3) is 0.900. The van der Waals surface area contributed by atoms with E-state index in [0.29, 0.717) is 19.4 Å². The molecule has 0 saturated heterocycles. The molecule has 0 saturated carbocycles. The van der Waals surface area contributed by atoms with Crippen LogP contribution in [0.4, 0.5) is 0 Å². The number of carbonyl (C=O) groups is 2. The van der Waals surface area contributed by atoms with Gasteiger partial charge in [0.25, 0.3) is 0 Å². The van der Waals surface area contributed by atoms with Crippen LogP contribution in [0.15, 0.2) is 24.3 Å². The van der Waals surface area contributed by atoms with Crippen LogP contribution in [-0.2, 0) is 14.3 Å². The quantitative estimate of drug-likeness (QED) is 0.0321. The van der Waals surface area contributed by atoms with Crippen LogP contribution in [0.1, 0.15) is 322 Å². The van der Waals surface area contributed by atoms with Crippen LogP contribution in [0.5, 0.6) is 0 Å². The van der Waals surface area contributed by atoms with Crippen LogP contribution in [-0.4, -0.2) is 47.4 Å². The molecule has 0 aliphatic carbocycles. The summed E-state index contributed by atoms with van der Waals surface area (Å²) >= 11 is 0. The van der Waals surface area contributed by atoms with Crippen molar-refractivity contribution in [1.29, 1.82) is 0 Å². The highest BCUT2D eigenvalue weighted by Gasteiger charge is 2.18. The zero-order chi connectivity index (χ0) is 47.9. The molecule has 0 aromatic carbocycles. The number of allylic oxidation sites excluding steroid dienone is 3. The van der Waals surface area contributed by atoms with Crippen molar-refractivity contribution in [2.75, 3.05) is 13.2 Å². The van der Waals surface area contributed by atoms with E-state index in [1.54, 1.807) is 6.08 Å². The molecule has 0 rings (SSSR count). The van der Waals surface area contributed by atoms with E-state index < -0.39 is 12.1 Å². The second kappa shape index (κ2) is 55.9. The highest BCUT2D eigenvalue weighted by atomic mass is 16.5. The van der Waals surface area contributed by atoms with Crippen molar-refractivity contribution in [2.24, 2.45) is 0 Å². The van der Waals surface area contributed by atoms with Crippen LogP contribution in [0, 0.1) is 0 Å². The highest BCUT2D eigenvalue weighted by Crippen LogP contribution is 2.17. The summed E-state index contributed by atoms with van der Waals surface area (Å²) in [5, 5.41) is 23.1. The topological polar surface area (TPSA) is 95.9 Å². The third-order valence-electron chi connectivity index (χ3n) is 13.7. The molecule has 0 aliphatic heterocycles. The number of ether oxygens (including phenoxy) is 1. The number of unbranched alkanes of at least 4 members (excludes halogenated alkanes) is 42. The Morgan fingerprint density at radius 3 is 1.08 bits per heavy atom. The third kappa shape index (κ3) is 51.7. The Kier molecular flexibility index (Phi) is 54.5. The van der Waals surface area contributed by atoms with Crippen LogP contribution < -0.4 is 5.32 Å². The monoisotopic (exact) mass is 930 g/mol. The molecule has 0 aliphatic rings. The Morgan fingerprint density at radius 2 is 0.712 bits per heavy atom. The lowest BCUT2D eigenvalue weighted by atomic mass is 10.0. The van der Waals surface area contributed by atoms with Gasteiger partial charge < -0.3 is 20.3 Å². The third-order valence-corrected chi connectivity index (χ3v) is 13.7. The predicted molar refractivity (Wildman–Crippen MR) is 287 cm³/mol. The first kappa shape index (κ1) is 64.3. The molecular weight excluding hydrogens is 815 g/mol. The van der Waals surface area contributed by atoms with Gasteiger partial charge in [0, 0.05) is 12.8 Å². The number of aliphatic hydroxyl groups excluding tert-OH is 2. The number of amides is 1. The van der Waals surface area contributed by atoms with Gasteiger partial charge >= 0.3 is 5.97 Å². The molecule has 3 N–H and O–H groups in total. The van der Waals surface area contributed by atoms with Gasteiger partial charge in [-0.2, -0.15) is 0 Å². The molecule has 66 heavy (non-hydrogen) atoms. The second-order valence-corrected chi connectivity index (χ2v) is 20.3.